The molecule has 1 heterocycles. The summed E-state index contributed by atoms with van der Waals surface area (Å²) in [5.41, 5.74) is 0. The molecule has 0 bridgehead atoms. The van der Waals surface area contributed by atoms with Gasteiger partial charge in [0.1, 0.15) is 15.0 Å². The van der Waals surface area contributed by atoms with Gasteiger partial charge in [-0.25, -0.2) is 4.98 Å². The van der Waals surface area contributed by atoms with Crippen molar-refractivity contribution < 1.29 is 5.11 Å². The van der Waals surface area contributed by atoms with Gasteiger partial charge in [0.15, 0.2) is 0 Å². The van der Waals surface area contributed by atoms with Crippen LogP contribution in [0.2, 0.25) is 0 Å². The Morgan fingerprint density at radius 1 is 1.53 bits per heavy atom. The van der Waals surface area contributed by atoms with Crippen molar-refractivity contribution in [1.82, 2.24) is 14.9 Å². The third kappa shape index (κ3) is 3.27. The Balaban J connectivity index is 2.72. The molecular formula is C9H15Br2N3O. The van der Waals surface area contributed by atoms with Crippen molar-refractivity contribution >= 4 is 31.9 Å². The molecule has 0 aromatic carbocycles. The van der Waals surface area contributed by atoms with Crippen molar-refractivity contribution in [2.75, 3.05) is 6.61 Å². The molecule has 0 amide bonds. The van der Waals surface area contributed by atoms with Gasteiger partial charge < -0.3 is 15.0 Å². The molecule has 0 saturated heterocycles. The number of hydrogen-bond acceptors (Lipinski definition) is 3. The maximum absolute atomic E-state index is 8.89. The molecule has 1 aromatic heterocycles. The van der Waals surface area contributed by atoms with Gasteiger partial charge in [-0.15, -0.1) is 0 Å². The average molecular weight is 341 g/mol. The molecule has 1 rings (SSSR count). The summed E-state index contributed by atoms with van der Waals surface area (Å²) in [7, 11) is 0. The van der Waals surface area contributed by atoms with Crippen LogP contribution >= 0.6 is 31.9 Å². The standard InChI is InChI=1S/C9H15Br2N3O/c1-3-14-7(4-12-6(2)5-15)13-8(10)9(14)11/h6,12,15H,3-5H2,1-2H3. The molecule has 0 spiro atoms. The fraction of sp³-hybridized carbons (Fsp3) is 0.667. The first kappa shape index (κ1) is 13.2. The zero-order valence-corrected chi connectivity index (χ0v) is 12.0. The lowest BCUT2D eigenvalue weighted by Crippen LogP contribution is -2.29. The van der Waals surface area contributed by atoms with Crippen LogP contribution in [0.3, 0.4) is 0 Å². The summed E-state index contributed by atoms with van der Waals surface area (Å²) < 4.78 is 3.84. The van der Waals surface area contributed by atoms with Gasteiger partial charge in [-0.3, -0.25) is 0 Å². The molecular weight excluding hydrogens is 326 g/mol. The fourth-order valence-corrected chi connectivity index (χ4v) is 2.19. The number of halogens is 2. The van der Waals surface area contributed by atoms with E-state index < -0.39 is 0 Å². The lowest BCUT2D eigenvalue weighted by atomic mass is 10.3. The summed E-state index contributed by atoms with van der Waals surface area (Å²) >= 11 is 6.84. The van der Waals surface area contributed by atoms with E-state index in [0.717, 1.165) is 21.6 Å². The second-order valence-corrected chi connectivity index (χ2v) is 4.82. The number of imidazole rings is 1. The Morgan fingerprint density at radius 3 is 2.73 bits per heavy atom. The highest BCUT2D eigenvalue weighted by molar-refractivity contribution is 9.13. The molecule has 6 heteroatoms. The van der Waals surface area contributed by atoms with Crippen molar-refractivity contribution in [1.29, 1.82) is 0 Å². The molecule has 1 unspecified atom stereocenters. The molecule has 1 aromatic rings. The Bertz CT molecular complexity index is 327. The number of hydrogen-bond donors (Lipinski definition) is 2. The lowest BCUT2D eigenvalue weighted by Gasteiger charge is -2.11. The van der Waals surface area contributed by atoms with E-state index in [1.807, 2.05) is 6.92 Å². The minimum atomic E-state index is 0.0876. The molecule has 15 heavy (non-hydrogen) atoms. The van der Waals surface area contributed by atoms with E-state index in [-0.39, 0.29) is 12.6 Å². The van der Waals surface area contributed by atoms with Gasteiger partial charge in [-0.2, -0.15) is 0 Å². The van der Waals surface area contributed by atoms with E-state index in [1.54, 1.807) is 0 Å². The van der Waals surface area contributed by atoms with Crippen LogP contribution in [0.4, 0.5) is 0 Å². The number of aliphatic hydroxyl groups is 1. The minimum absolute atomic E-state index is 0.0876. The second-order valence-electron chi connectivity index (χ2n) is 3.32. The highest BCUT2D eigenvalue weighted by Gasteiger charge is 2.12. The van der Waals surface area contributed by atoms with Crippen LogP contribution in [-0.2, 0) is 13.1 Å². The second kappa shape index (κ2) is 5.98. The van der Waals surface area contributed by atoms with Crippen molar-refractivity contribution in [3.8, 4) is 0 Å². The summed E-state index contributed by atoms with van der Waals surface area (Å²) in [6, 6.07) is 0.0876. The summed E-state index contributed by atoms with van der Waals surface area (Å²) in [5, 5.41) is 12.1. The van der Waals surface area contributed by atoms with E-state index in [9.17, 15) is 0 Å². The molecule has 0 fully saturated rings. The summed E-state index contributed by atoms with van der Waals surface area (Å²) in [6.07, 6.45) is 0. The van der Waals surface area contributed by atoms with E-state index >= 15 is 0 Å². The van der Waals surface area contributed by atoms with Crippen LogP contribution in [0.25, 0.3) is 0 Å². The monoisotopic (exact) mass is 339 g/mol. The third-order valence-electron chi connectivity index (χ3n) is 2.14. The zero-order valence-electron chi connectivity index (χ0n) is 8.80. The first-order chi connectivity index (χ1) is 7.10. The van der Waals surface area contributed by atoms with Gasteiger partial charge in [0.25, 0.3) is 0 Å². The van der Waals surface area contributed by atoms with Crippen LogP contribution in [0, 0.1) is 0 Å². The van der Waals surface area contributed by atoms with E-state index in [0.29, 0.717) is 6.54 Å². The number of rotatable bonds is 5. The van der Waals surface area contributed by atoms with Gasteiger partial charge in [-0.1, -0.05) is 0 Å². The Hall–Kier alpha value is 0.0900. The largest absolute Gasteiger partial charge is 0.395 e. The molecule has 0 aliphatic rings. The number of nitrogens with one attached hydrogen (secondary N) is 1. The molecule has 0 saturated carbocycles. The third-order valence-corrected chi connectivity index (χ3v) is 4.03. The first-order valence-electron chi connectivity index (χ1n) is 4.84. The lowest BCUT2D eigenvalue weighted by molar-refractivity contribution is 0.250. The molecule has 1 atom stereocenters. The van der Waals surface area contributed by atoms with Crippen molar-refractivity contribution in [3.63, 3.8) is 0 Å². The first-order valence-corrected chi connectivity index (χ1v) is 6.43. The predicted molar refractivity (Wildman–Crippen MR) is 66.7 cm³/mol. The fourth-order valence-electron chi connectivity index (χ4n) is 1.23. The highest BCUT2D eigenvalue weighted by Crippen LogP contribution is 2.23. The number of nitrogens with zero attached hydrogens (tertiary/aromatic N) is 2. The normalized spacial score (nSPS) is 13.1. The Morgan fingerprint density at radius 2 is 2.20 bits per heavy atom. The Labute approximate surface area is 106 Å². The zero-order chi connectivity index (χ0) is 11.4. The smallest absolute Gasteiger partial charge is 0.139 e. The van der Waals surface area contributed by atoms with E-state index in [2.05, 4.69) is 53.7 Å². The molecule has 2 N–H and O–H groups in total. The molecule has 4 nitrogen and oxygen atoms in total. The van der Waals surface area contributed by atoms with Crippen molar-refractivity contribution in [2.24, 2.45) is 0 Å². The van der Waals surface area contributed by atoms with Crippen LogP contribution in [0.1, 0.15) is 19.7 Å². The van der Waals surface area contributed by atoms with Crippen LogP contribution < -0.4 is 5.32 Å². The summed E-state index contributed by atoms with van der Waals surface area (Å²) in [4.78, 5) is 4.38. The molecule has 0 aliphatic heterocycles. The summed E-state index contributed by atoms with van der Waals surface area (Å²) in [6.45, 7) is 5.65. The van der Waals surface area contributed by atoms with Crippen LogP contribution in [0.5, 0.6) is 0 Å². The van der Waals surface area contributed by atoms with E-state index in [1.165, 1.54) is 0 Å². The summed E-state index contributed by atoms with van der Waals surface area (Å²) in [5.74, 6) is 0.955. The highest BCUT2D eigenvalue weighted by atomic mass is 79.9. The SMILES string of the molecule is CCn1c(CNC(C)CO)nc(Br)c1Br. The number of aromatic nitrogens is 2. The van der Waals surface area contributed by atoms with Crippen molar-refractivity contribution in [2.45, 2.75) is 33.0 Å². The topological polar surface area (TPSA) is 50.1 Å². The molecule has 86 valence electrons. The van der Waals surface area contributed by atoms with Crippen LogP contribution in [-0.4, -0.2) is 27.3 Å². The predicted octanol–water partition coefficient (Wildman–Crippen LogP) is 1.90. The van der Waals surface area contributed by atoms with Gasteiger partial charge in [-0.05, 0) is 45.7 Å². The quantitative estimate of drug-likeness (QED) is 0.860. The van der Waals surface area contributed by atoms with Crippen molar-refractivity contribution in [3.05, 3.63) is 15.0 Å². The van der Waals surface area contributed by atoms with Gasteiger partial charge in [0.05, 0.1) is 13.2 Å². The minimum Gasteiger partial charge on any atom is -0.395 e. The van der Waals surface area contributed by atoms with E-state index in [4.69, 9.17) is 5.11 Å². The molecule has 0 aliphatic carbocycles. The maximum atomic E-state index is 8.89. The molecule has 0 radical (unpaired) electrons. The maximum Gasteiger partial charge on any atom is 0.139 e. The number of aliphatic hydroxyl groups excluding tert-OH is 1. The van der Waals surface area contributed by atoms with Gasteiger partial charge >= 0.3 is 0 Å². The van der Waals surface area contributed by atoms with Crippen LogP contribution in [0.15, 0.2) is 9.21 Å². The van der Waals surface area contributed by atoms with Gasteiger partial charge in [0, 0.05) is 12.6 Å². The average Bonchev–Trinajstić information content (AvgIpc) is 2.51. The Kier molecular flexibility index (Phi) is 5.25. The van der Waals surface area contributed by atoms with Gasteiger partial charge in [0.2, 0.25) is 0 Å².